The molecule has 0 radical (unpaired) electrons. The molecule has 0 unspecified atom stereocenters. The van der Waals surface area contributed by atoms with Gasteiger partial charge in [-0.3, -0.25) is 0 Å². The highest BCUT2D eigenvalue weighted by Gasteiger charge is 1.99. The van der Waals surface area contributed by atoms with Gasteiger partial charge in [0.25, 0.3) is 0 Å². The van der Waals surface area contributed by atoms with Crippen LogP contribution in [0, 0.1) is 12.3 Å². The molecule has 0 aliphatic heterocycles. The van der Waals surface area contributed by atoms with Crippen molar-refractivity contribution in [3.05, 3.63) is 5.82 Å². The van der Waals surface area contributed by atoms with Crippen LogP contribution < -0.4 is 0 Å². The van der Waals surface area contributed by atoms with Gasteiger partial charge in [-0.2, -0.15) is 0 Å². The predicted octanol–water partition coefficient (Wildman–Crippen LogP) is -0.131. The second-order valence-corrected chi connectivity index (χ2v) is 1.81. The fourth-order valence-corrected chi connectivity index (χ4v) is 0.686. The van der Waals surface area contributed by atoms with E-state index in [0.717, 1.165) is 12.2 Å². The molecule has 0 N–H and O–H groups in total. The minimum atomic E-state index is 0.455. The van der Waals surface area contributed by atoms with Crippen molar-refractivity contribution in [1.82, 2.24) is 20.2 Å². The molecule has 0 saturated heterocycles. The van der Waals surface area contributed by atoms with Crippen LogP contribution in [-0.4, -0.2) is 20.2 Å². The third kappa shape index (κ3) is 1.13. The summed E-state index contributed by atoms with van der Waals surface area (Å²) in [6, 6.07) is 0. The van der Waals surface area contributed by atoms with E-state index >= 15 is 0 Å². The number of rotatable bonds is 2. The lowest BCUT2D eigenvalue weighted by Crippen LogP contribution is -2.02. The largest absolute Gasteiger partial charge is 0.218 e. The fraction of sp³-hybridized carbons (Fsp3) is 0.500. The number of nitrogens with zero attached hydrogens (tertiary/aromatic N) is 4. The average molecular weight is 136 g/mol. The summed E-state index contributed by atoms with van der Waals surface area (Å²) < 4.78 is 1.61. The molecule has 0 spiro atoms. The van der Waals surface area contributed by atoms with E-state index in [0.29, 0.717) is 6.54 Å². The van der Waals surface area contributed by atoms with E-state index in [1.54, 1.807) is 4.68 Å². The van der Waals surface area contributed by atoms with Crippen LogP contribution in [0.3, 0.4) is 0 Å². The molecule has 0 atom stereocenters. The summed E-state index contributed by atoms with van der Waals surface area (Å²) in [5, 5.41) is 10.9. The van der Waals surface area contributed by atoms with Crippen molar-refractivity contribution in [2.75, 3.05) is 0 Å². The Bertz CT molecular complexity index is 244. The maximum Gasteiger partial charge on any atom is 0.152 e. The number of terminal acetylenes is 1. The molecule has 0 saturated carbocycles. The minimum absolute atomic E-state index is 0.455. The highest BCUT2D eigenvalue weighted by atomic mass is 15.5. The molecule has 1 rings (SSSR count). The van der Waals surface area contributed by atoms with E-state index in [2.05, 4.69) is 21.4 Å². The number of aryl methyl sites for hydroxylation is 1. The van der Waals surface area contributed by atoms with Crippen molar-refractivity contribution in [3.8, 4) is 12.3 Å². The molecule has 1 heterocycles. The van der Waals surface area contributed by atoms with Gasteiger partial charge in [-0.15, -0.1) is 11.5 Å². The third-order valence-corrected chi connectivity index (χ3v) is 1.16. The second-order valence-electron chi connectivity index (χ2n) is 1.81. The maximum atomic E-state index is 5.08. The monoisotopic (exact) mass is 136 g/mol. The number of aromatic nitrogens is 4. The molecule has 0 fully saturated rings. The van der Waals surface area contributed by atoms with Gasteiger partial charge >= 0.3 is 0 Å². The fourth-order valence-electron chi connectivity index (χ4n) is 0.686. The smallest absolute Gasteiger partial charge is 0.152 e. The molecular formula is C6H8N4. The van der Waals surface area contributed by atoms with E-state index in [1.807, 2.05) is 6.92 Å². The van der Waals surface area contributed by atoms with Crippen molar-refractivity contribution in [1.29, 1.82) is 0 Å². The zero-order chi connectivity index (χ0) is 7.40. The Morgan fingerprint density at radius 2 is 2.50 bits per heavy atom. The summed E-state index contributed by atoms with van der Waals surface area (Å²) >= 11 is 0. The molecule has 0 bridgehead atoms. The molecule has 4 heteroatoms. The Labute approximate surface area is 59.2 Å². The van der Waals surface area contributed by atoms with Crippen molar-refractivity contribution in [2.45, 2.75) is 19.9 Å². The Balaban J connectivity index is 2.82. The van der Waals surface area contributed by atoms with Crippen molar-refractivity contribution in [2.24, 2.45) is 0 Å². The third-order valence-electron chi connectivity index (χ3n) is 1.16. The lowest BCUT2D eigenvalue weighted by atomic mass is 10.4. The highest BCUT2D eigenvalue weighted by molar-refractivity contribution is 4.88. The molecule has 0 aliphatic carbocycles. The van der Waals surface area contributed by atoms with Crippen LogP contribution in [0.25, 0.3) is 0 Å². The number of hydrogen-bond donors (Lipinski definition) is 0. The summed E-state index contributed by atoms with van der Waals surface area (Å²) in [4.78, 5) is 0. The van der Waals surface area contributed by atoms with Crippen molar-refractivity contribution < 1.29 is 0 Å². The Morgan fingerprint density at radius 3 is 3.10 bits per heavy atom. The van der Waals surface area contributed by atoms with Crippen LogP contribution in [0.5, 0.6) is 0 Å². The highest BCUT2D eigenvalue weighted by Crippen LogP contribution is 1.90. The molecule has 0 aromatic carbocycles. The molecule has 0 aliphatic rings. The number of tetrazole rings is 1. The lowest BCUT2D eigenvalue weighted by Gasteiger charge is -1.93. The standard InChI is InChI=1S/C6H8N4/c1-3-5-10-6(4-2)7-8-9-10/h1H,4-5H2,2H3. The van der Waals surface area contributed by atoms with E-state index in [1.165, 1.54) is 0 Å². The van der Waals surface area contributed by atoms with Crippen LogP contribution in [0.1, 0.15) is 12.7 Å². The Morgan fingerprint density at radius 1 is 1.70 bits per heavy atom. The Kier molecular flexibility index (Phi) is 2.00. The van der Waals surface area contributed by atoms with Crippen molar-refractivity contribution in [3.63, 3.8) is 0 Å². The van der Waals surface area contributed by atoms with E-state index in [-0.39, 0.29) is 0 Å². The van der Waals surface area contributed by atoms with E-state index < -0.39 is 0 Å². The topological polar surface area (TPSA) is 43.6 Å². The molecule has 52 valence electrons. The zero-order valence-electron chi connectivity index (χ0n) is 5.78. The minimum Gasteiger partial charge on any atom is -0.218 e. The van der Waals surface area contributed by atoms with Gasteiger partial charge in [0.15, 0.2) is 5.82 Å². The maximum absolute atomic E-state index is 5.08. The van der Waals surface area contributed by atoms with Gasteiger partial charge in [-0.25, -0.2) is 4.68 Å². The van der Waals surface area contributed by atoms with Crippen LogP contribution >= 0.6 is 0 Å². The second kappa shape index (κ2) is 2.97. The first-order valence-corrected chi connectivity index (χ1v) is 3.07. The zero-order valence-corrected chi connectivity index (χ0v) is 5.78. The van der Waals surface area contributed by atoms with E-state index in [9.17, 15) is 0 Å². The summed E-state index contributed by atoms with van der Waals surface area (Å²) in [6.45, 7) is 2.44. The quantitative estimate of drug-likeness (QED) is 0.532. The summed E-state index contributed by atoms with van der Waals surface area (Å²) in [7, 11) is 0. The van der Waals surface area contributed by atoms with Gasteiger partial charge in [0, 0.05) is 6.42 Å². The van der Waals surface area contributed by atoms with Gasteiger partial charge in [0.05, 0.1) is 0 Å². The van der Waals surface area contributed by atoms with Crippen LogP contribution in [0.15, 0.2) is 0 Å². The predicted molar refractivity (Wildman–Crippen MR) is 36.0 cm³/mol. The average Bonchev–Trinajstić information content (AvgIpc) is 2.36. The first kappa shape index (κ1) is 6.75. The van der Waals surface area contributed by atoms with Crippen molar-refractivity contribution >= 4 is 0 Å². The van der Waals surface area contributed by atoms with Gasteiger partial charge in [-0.05, 0) is 10.4 Å². The van der Waals surface area contributed by atoms with Crippen LogP contribution in [-0.2, 0) is 13.0 Å². The lowest BCUT2D eigenvalue weighted by molar-refractivity contribution is 0.643. The first-order valence-electron chi connectivity index (χ1n) is 3.07. The van der Waals surface area contributed by atoms with Gasteiger partial charge < -0.3 is 0 Å². The van der Waals surface area contributed by atoms with E-state index in [4.69, 9.17) is 6.42 Å². The molecule has 10 heavy (non-hydrogen) atoms. The molecule has 1 aromatic rings. The summed E-state index contributed by atoms with van der Waals surface area (Å²) in [6.07, 6.45) is 5.89. The normalized spacial score (nSPS) is 9.20. The summed E-state index contributed by atoms with van der Waals surface area (Å²) in [5.41, 5.74) is 0. The Hall–Kier alpha value is -1.37. The molecular weight excluding hydrogens is 128 g/mol. The van der Waals surface area contributed by atoms with Crippen LogP contribution in [0.4, 0.5) is 0 Å². The van der Waals surface area contributed by atoms with Gasteiger partial charge in [-0.1, -0.05) is 12.8 Å². The summed E-state index contributed by atoms with van der Waals surface area (Å²) in [5.74, 6) is 3.30. The van der Waals surface area contributed by atoms with Crippen LogP contribution in [0.2, 0.25) is 0 Å². The molecule has 4 nitrogen and oxygen atoms in total. The van der Waals surface area contributed by atoms with Gasteiger partial charge in [0.1, 0.15) is 6.54 Å². The first-order chi connectivity index (χ1) is 4.88. The molecule has 0 amide bonds. The van der Waals surface area contributed by atoms with Gasteiger partial charge in [0.2, 0.25) is 0 Å². The molecule has 1 aromatic heterocycles. The SMILES string of the molecule is C#CCn1nnnc1CC. The number of hydrogen-bond acceptors (Lipinski definition) is 3.